The smallest absolute Gasteiger partial charge is 0.101 e. The van der Waals surface area contributed by atoms with Crippen LogP contribution in [0.15, 0.2) is 48.8 Å². The number of para-hydroxylation sites is 2. The first-order chi connectivity index (χ1) is 9.33. The van der Waals surface area contributed by atoms with E-state index in [0.29, 0.717) is 11.1 Å². The van der Waals surface area contributed by atoms with Crippen LogP contribution in [0, 0.1) is 22.7 Å². The Labute approximate surface area is 109 Å². The van der Waals surface area contributed by atoms with Gasteiger partial charge in [0, 0.05) is 5.69 Å². The normalized spacial score (nSPS) is 10.0. The lowest BCUT2D eigenvalue weighted by Crippen LogP contribution is -1.94. The molecule has 0 saturated carbocycles. The SMILES string of the molecule is N#Cc1ccc(-n2cnc3ccccc32)cc1C#N. The Hall–Kier alpha value is -3.11. The molecule has 0 aliphatic rings. The van der Waals surface area contributed by atoms with Crippen LogP contribution in [0.3, 0.4) is 0 Å². The molecule has 19 heavy (non-hydrogen) atoms. The Morgan fingerprint density at radius 3 is 2.53 bits per heavy atom. The summed E-state index contributed by atoms with van der Waals surface area (Å²) in [6.07, 6.45) is 1.72. The standard InChI is InChI=1S/C15H8N4/c16-8-11-5-6-13(7-12(11)9-17)19-10-18-14-3-1-2-4-15(14)19/h1-7,10H. The lowest BCUT2D eigenvalue weighted by molar-refractivity contribution is 1.09. The molecule has 0 saturated heterocycles. The Morgan fingerprint density at radius 1 is 0.947 bits per heavy atom. The molecule has 4 nitrogen and oxygen atoms in total. The van der Waals surface area contributed by atoms with Gasteiger partial charge in [-0.05, 0) is 30.3 Å². The van der Waals surface area contributed by atoms with Crippen molar-refractivity contribution in [2.45, 2.75) is 0 Å². The molecule has 4 heteroatoms. The summed E-state index contributed by atoms with van der Waals surface area (Å²) >= 11 is 0. The van der Waals surface area contributed by atoms with Gasteiger partial charge in [-0.3, -0.25) is 4.57 Å². The zero-order valence-electron chi connectivity index (χ0n) is 9.91. The van der Waals surface area contributed by atoms with Gasteiger partial charge in [-0.2, -0.15) is 10.5 Å². The second kappa shape index (κ2) is 4.29. The van der Waals surface area contributed by atoms with Crippen LogP contribution in [0.4, 0.5) is 0 Å². The number of imidazole rings is 1. The average Bonchev–Trinajstić information content (AvgIpc) is 2.90. The topological polar surface area (TPSA) is 65.4 Å². The van der Waals surface area contributed by atoms with E-state index >= 15 is 0 Å². The summed E-state index contributed by atoms with van der Waals surface area (Å²) < 4.78 is 1.90. The summed E-state index contributed by atoms with van der Waals surface area (Å²) in [7, 11) is 0. The van der Waals surface area contributed by atoms with E-state index in [4.69, 9.17) is 10.5 Å². The number of aromatic nitrogens is 2. The van der Waals surface area contributed by atoms with Crippen LogP contribution in [0.1, 0.15) is 11.1 Å². The molecule has 3 aromatic rings. The zero-order chi connectivity index (χ0) is 13.2. The number of fused-ring (bicyclic) bond motifs is 1. The van der Waals surface area contributed by atoms with Gasteiger partial charge in [0.1, 0.15) is 18.5 Å². The monoisotopic (exact) mass is 244 g/mol. The molecule has 0 fully saturated rings. The van der Waals surface area contributed by atoms with Crippen molar-refractivity contribution < 1.29 is 0 Å². The summed E-state index contributed by atoms with van der Waals surface area (Å²) in [4.78, 5) is 4.31. The van der Waals surface area contributed by atoms with Crippen molar-refractivity contribution in [1.29, 1.82) is 10.5 Å². The summed E-state index contributed by atoms with van der Waals surface area (Å²) in [5.41, 5.74) is 3.44. The highest BCUT2D eigenvalue weighted by atomic mass is 15.0. The quantitative estimate of drug-likeness (QED) is 0.661. The highest BCUT2D eigenvalue weighted by molar-refractivity contribution is 5.77. The first kappa shape index (κ1) is 11.0. The molecule has 0 bridgehead atoms. The van der Waals surface area contributed by atoms with Crippen LogP contribution in [0.25, 0.3) is 16.7 Å². The largest absolute Gasteiger partial charge is 0.299 e. The summed E-state index contributed by atoms with van der Waals surface area (Å²) in [6.45, 7) is 0. The van der Waals surface area contributed by atoms with Crippen molar-refractivity contribution in [3.8, 4) is 17.8 Å². The van der Waals surface area contributed by atoms with Crippen LogP contribution in [-0.2, 0) is 0 Å². The molecule has 1 heterocycles. The number of benzene rings is 2. The van der Waals surface area contributed by atoms with E-state index in [2.05, 4.69) is 4.98 Å². The van der Waals surface area contributed by atoms with Crippen molar-refractivity contribution in [2.75, 3.05) is 0 Å². The fraction of sp³-hybridized carbons (Fsp3) is 0. The van der Waals surface area contributed by atoms with Crippen LogP contribution in [-0.4, -0.2) is 9.55 Å². The summed E-state index contributed by atoms with van der Waals surface area (Å²) in [6, 6.07) is 17.0. The van der Waals surface area contributed by atoms with Gasteiger partial charge >= 0.3 is 0 Å². The molecule has 0 aliphatic carbocycles. The van der Waals surface area contributed by atoms with Crippen molar-refractivity contribution in [1.82, 2.24) is 9.55 Å². The average molecular weight is 244 g/mol. The second-order valence-electron chi connectivity index (χ2n) is 4.06. The molecule has 1 aromatic heterocycles. The number of hydrogen-bond acceptors (Lipinski definition) is 3. The Morgan fingerprint density at radius 2 is 1.74 bits per heavy atom. The number of nitrogens with zero attached hydrogens (tertiary/aromatic N) is 4. The maximum absolute atomic E-state index is 9.06. The minimum Gasteiger partial charge on any atom is -0.299 e. The second-order valence-corrected chi connectivity index (χ2v) is 4.06. The van der Waals surface area contributed by atoms with Crippen molar-refractivity contribution in [3.63, 3.8) is 0 Å². The molecule has 0 spiro atoms. The van der Waals surface area contributed by atoms with E-state index in [0.717, 1.165) is 16.7 Å². The van der Waals surface area contributed by atoms with Crippen LogP contribution in [0.5, 0.6) is 0 Å². The van der Waals surface area contributed by atoms with Gasteiger partial charge in [-0.25, -0.2) is 4.98 Å². The first-order valence-corrected chi connectivity index (χ1v) is 5.70. The van der Waals surface area contributed by atoms with E-state index in [1.54, 1.807) is 18.5 Å². The number of hydrogen-bond donors (Lipinski definition) is 0. The molecule has 0 amide bonds. The highest BCUT2D eigenvalue weighted by Crippen LogP contribution is 2.20. The summed E-state index contributed by atoms with van der Waals surface area (Å²) in [5.74, 6) is 0. The van der Waals surface area contributed by atoms with Crippen LogP contribution < -0.4 is 0 Å². The maximum Gasteiger partial charge on any atom is 0.101 e. The Balaban J connectivity index is 2.23. The van der Waals surface area contributed by atoms with Gasteiger partial charge in [-0.1, -0.05) is 12.1 Å². The zero-order valence-corrected chi connectivity index (χ0v) is 9.91. The van der Waals surface area contributed by atoms with Crippen LogP contribution in [0.2, 0.25) is 0 Å². The number of rotatable bonds is 1. The third-order valence-electron chi connectivity index (χ3n) is 2.98. The third-order valence-corrected chi connectivity index (χ3v) is 2.98. The van der Waals surface area contributed by atoms with Gasteiger partial charge in [0.25, 0.3) is 0 Å². The van der Waals surface area contributed by atoms with Crippen molar-refractivity contribution in [3.05, 3.63) is 59.9 Å². The molecule has 0 unspecified atom stereocenters. The minimum absolute atomic E-state index is 0.373. The molecule has 0 radical (unpaired) electrons. The molecule has 0 aliphatic heterocycles. The summed E-state index contributed by atoms with van der Waals surface area (Å²) in [5, 5.41) is 18.0. The van der Waals surface area contributed by atoms with Gasteiger partial charge in [0.15, 0.2) is 0 Å². The Kier molecular flexibility index (Phi) is 2.48. The van der Waals surface area contributed by atoms with E-state index in [1.165, 1.54) is 0 Å². The van der Waals surface area contributed by atoms with Crippen molar-refractivity contribution in [2.24, 2.45) is 0 Å². The Bertz CT molecular complexity index is 846. The molecule has 0 atom stereocenters. The van der Waals surface area contributed by atoms with Gasteiger partial charge in [0.05, 0.1) is 22.2 Å². The van der Waals surface area contributed by atoms with E-state index < -0.39 is 0 Å². The fourth-order valence-electron chi connectivity index (χ4n) is 2.04. The highest BCUT2D eigenvalue weighted by Gasteiger charge is 2.07. The predicted octanol–water partition coefficient (Wildman–Crippen LogP) is 2.77. The lowest BCUT2D eigenvalue weighted by atomic mass is 10.1. The molecule has 88 valence electrons. The first-order valence-electron chi connectivity index (χ1n) is 5.70. The van der Waals surface area contributed by atoms with E-state index in [1.807, 2.05) is 47.0 Å². The maximum atomic E-state index is 9.06. The third kappa shape index (κ3) is 1.72. The van der Waals surface area contributed by atoms with E-state index in [-0.39, 0.29) is 0 Å². The fourth-order valence-corrected chi connectivity index (χ4v) is 2.04. The van der Waals surface area contributed by atoms with Crippen molar-refractivity contribution >= 4 is 11.0 Å². The van der Waals surface area contributed by atoms with Crippen LogP contribution >= 0.6 is 0 Å². The van der Waals surface area contributed by atoms with E-state index in [9.17, 15) is 0 Å². The predicted molar refractivity (Wildman–Crippen MR) is 70.5 cm³/mol. The molecular weight excluding hydrogens is 236 g/mol. The minimum atomic E-state index is 0.373. The molecule has 3 rings (SSSR count). The van der Waals surface area contributed by atoms with Gasteiger partial charge in [0.2, 0.25) is 0 Å². The lowest BCUT2D eigenvalue weighted by Gasteiger charge is -2.05. The molecular formula is C15H8N4. The van der Waals surface area contributed by atoms with Gasteiger partial charge in [-0.15, -0.1) is 0 Å². The van der Waals surface area contributed by atoms with Gasteiger partial charge < -0.3 is 0 Å². The molecule has 2 aromatic carbocycles. The number of nitriles is 2. The molecule has 0 N–H and O–H groups in total.